The van der Waals surface area contributed by atoms with E-state index >= 15 is 0 Å². The predicted molar refractivity (Wildman–Crippen MR) is 85.3 cm³/mol. The molecule has 1 amide bonds. The number of thiophene rings is 1. The number of carbonyl (C=O) groups excluding carboxylic acids is 2. The Labute approximate surface area is 130 Å². The van der Waals surface area contributed by atoms with E-state index in [-0.39, 0.29) is 17.9 Å². The maximum Gasteiger partial charge on any atom is 0.234 e. The number of likely N-dealkylation sites (tertiary alicyclic amines) is 1. The second kappa shape index (κ2) is 7.71. The Morgan fingerprint density at radius 1 is 1.48 bits per heavy atom. The average molecular weight is 308 g/mol. The van der Waals surface area contributed by atoms with Crippen LogP contribution in [0.15, 0.2) is 17.5 Å². The largest absolute Gasteiger partial charge is 0.347 e. The van der Waals surface area contributed by atoms with Gasteiger partial charge in [0.1, 0.15) is 6.29 Å². The van der Waals surface area contributed by atoms with Crippen molar-refractivity contribution in [1.82, 2.24) is 10.2 Å². The van der Waals surface area contributed by atoms with Crippen LogP contribution >= 0.6 is 11.3 Å². The highest BCUT2D eigenvalue weighted by molar-refractivity contribution is 7.10. The van der Waals surface area contributed by atoms with Crippen LogP contribution in [0.4, 0.5) is 0 Å². The molecule has 1 saturated heterocycles. The molecule has 0 radical (unpaired) electrons. The van der Waals surface area contributed by atoms with Gasteiger partial charge in [-0.05, 0) is 43.3 Å². The van der Waals surface area contributed by atoms with Crippen molar-refractivity contribution in [3.05, 3.63) is 22.4 Å². The summed E-state index contributed by atoms with van der Waals surface area (Å²) < 4.78 is 0. The van der Waals surface area contributed by atoms with Gasteiger partial charge in [0, 0.05) is 10.8 Å². The van der Waals surface area contributed by atoms with Crippen LogP contribution < -0.4 is 5.32 Å². The van der Waals surface area contributed by atoms with Gasteiger partial charge in [-0.15, -0.1) is 11.3 Å². The van der Waals surface area contributed by atoms with E-state index in [0.717, 1.165) is 32.2 Å². The zero-order valence-electron chi connectivity index (χ0n) is 12.7. The first-order valence-corrected chi connectivity index (χ1v) is 8.48. The Hall–Kier alpha value is -1.20. The molecule has 2 rings (SSSR count). The van der Waals surface area contributed by atoms with Gasteiger partial charge in [0.2, 0.25) is 5.91 Å². The van der Waals surface area contributed by atoms with Crippen molar-refractivity contribution in [3.63, 3.8) is 0 Å². The van der Waals surface area contributed by atoms with E-state index < -0.39 is 0 Å². The number of aldehydes is 1. The van der Waals surface area contributed by atoms with Crippen molar-refractivity contribution in [2.75, 3.05) is 19.6 Å². The lowest BCUT2D eigenvalue weighted by molar-refractivity contribution is -0.123. The van der Waals surface area contributed by atoms with Crippen LogP contribution in [0.3, 0.4) is 0 Å². The predicted octanol–water partition coefficient (Wildman–Crippen LogP) is 2.47. The highest BCUT2D eigenvalue weighted by atomic mass is 32.1. The summed E-state index contributed by atoms with van der Waals surface area (Å²) in [5, 5.41) is 5.19. The Morgan fingerprint density at radius 2 is 2.19 bits per heavy atom. The summed E-state index contributed by atoms with van der Waals surface area (Å²) in [6.45, 7) is 6.35. The molecule has 1 atom stereocenters. The zero-order valence-corrected chi connectivity index (χ0v) is 13.6. The maximum atomic E-state index is 12.3. The SMILES string of the molecule is CC(C)C(NC(=O)CN1CCC(C=O)CC1)c1cccs1. The summed E-state index contributed by atoms with van der Waals surface area (Å²) in [5.41, 5.74) is 0. The second-order valence-corrected chi connectivity index (χ2v) is 7.03. The molecule has 0 bridgehead atoms. The van der Waals surface area contributed by atoms with Gasteiger partial charge in [-0.2, -0.15) is 0 Å². The number of amides is 1. The quantitative estimate of drug-likeness (QED) is 0.821. The molecule has 21 heavy (non-hydrogen) atoms. The third kappa shape index (κ3) is 4.64. The Bertz CT molecular complexity index is 451. The van der Waals surface area contributed by atoms with E-state index in [0.29, 0.717) is 12.5 Å². The van der Waals surface area contributed by atoms with Gasteiger partial charge in [-0.1, -0.05) is 19.9 Å². The number of nitrogens with one attached hydrogen (secondary N) is 1. The second-order valence-electron chi connectivity index (χ2n) is 6.05. The highest BCUT2D eigenvalue weighted by Gasteiger charge is 2.23. The fourth-order valence-corrected chi connectivity index (χ4v) is 3.65. The topological polar surface area (TPSA) is 49.4 Å². The molecule has 1 aromatic rings. The summed E-state index contributed by atoms with van der Waals surface area (Å²) in [7, 11) is 0. The van der Waals surface area contributed by atoms with Gasteiger partial charge in [0.15, 0.2) is 0 Å². The summed E-state index contributed by atoms with van der Waals surface area (Å²) in [4.78, 5) is 26.3. The lowest BCUT2D eigenvalue weighted by Gasteiger charge is -2.30. The van der Waals surface area contributed by atoms with E-state index in [4.69, 9.17) is 0 Å². The van der Waals surface area contributed by atoms with E-state index in [9.17, 15) is 9.59 Å². The molecule has 1 aliphatic heterocycles. The lowest BCUT2D eigenvalue weighted by Crippen LogP contribution is -2.43. The van der Waals surface area contributed by atoms with Gasteiger partial charge in [0.25, 0.3) is 0 Å². The monoisotopic (exact) mass is 308 g/mol. The smallest absolute Gasteiger partial charge is 0.234 e. The van der Waals surface area contributed by atoms with Gasteiger partial charge in [0.05, 0.1) is 12.6 Å². The summed E-state index contributed by atoms with van der Waals surface area (Å²) in [6, 6.07) is 4.18. The molecule has 1 N–H and O–H groups in total. The minimum atomic E-state index is 0.0756. The number of rotatable bonds is 6. The molecule has 2 heterocycles. The standard InChI is InChI=1S/C16H24N2O2S/c1-12(2)16(14-4-3-9-21-14)17-15(20)10-18-7-5-13(11-19)6-8-18/h3-4,9,11-13,16H,5-8,10H2,1-2H3,(H,17,20). The first-order valence-electron chi connectivity index (χ1n) is 7.60. The zero-order chi connectivity index (χ0) is 15.2. The molecule has 5 heteroatoms. The Balaban J connectivity index is 1.84. The fourth-order valence-electron chi connectivity index (χ4n) is 2.70. The average Bonchev–Trinajstić information content (AvgIpc) is 2.99. The molecule has 1 fully saturated rings. The third-order valence-electron chi connectivity index (χ3n) is 4.02. The molecule has 0 aliphatic carbocycles. The Kier molecular flexibility index (Phi) is 5.94. The van der Waals surface area contributed by atoms with Crippen molar-refractivity contribution in [3.8, 4) is 0 Å². The maximum absolute atomic E-state index is 12.3. The van der Waals surface area contributed by atoms with Crippen molar-refractivity contribution in [2.45, 2.75) is 32.7 Å². The fraction of sp³-hybridized carbons (Fsp3) is 0.625. The molecule has 0 aromatic carbocycles. The lowest BCUT2D eigenvalue weighted by atomic mass is 9.98. The molecule has 0 saturated carbocycles. The number of hydrogen-bond donors (Lipinski definition) is 1. The summed E-state index contributed by atoms with van der Waals surface area (Å²) in [5.74, 6) is 0.624. The summed E-state index contributed by atoms with van der Waals surface area (Å²) >= 11 is 1.68. The highest BCUT2D eigenvalue weighted by Crippen LogP contribution is 2.25. The van der Waals surface area contributed by atoms with Crippen molar-refractivity contribution >= 4 is 23.5 Å². The van der Waals surface area contributed by atoms with Crippen LogP contribution in [0.5, 0.6) is 0 Å². The molecular formula is C16H24N2O2S. The van der Waals surface area contributed by atoms with Crippen LogP contribution in [-0.4, -0.2) is 36.7 Å². The molecule has 116 valence electrons. The normalized spacial score (nSPS) is 18.6. The molecule has 4 nitrogen and oxygen atoms in total. The Morgan fingerprint density at radius 3 is 2.71 bits per heavy atom. The minimum Gasteiger partial charge on any atom is -0.347 e. The number of hydrogen-bond acceptors (Lipinski definition) is 4. The van der Waals surface area contributed by atoms with Crippen LogP contribution in [0, 0.1) is 11.8 Å². The van der Waals surface area contributed by atoms with Crippen LogP contribution in [0.2, 0.25) is 0 Å². The van der Waals surface area contributed by atoms with Gasteiger partial charge in [-0.3, -0.25) is 9.69 Å². The van der Waals surface area contributed by atoms with E-state index in [1.165, 1.54) is 4.88 Å². The van der Waals surface area contributed by atoms with Crippen molar-refractivity contribution in [1.29, 1.82) is 0 Å². The molecule has 1 unspecified atom stereocenters. The third-order valence-corrected chi connectivity index (χ3v) is 4.98. The molecule has 1 aromatic heterocycles. The first-order chi connectivity index (χ1) is 10.1. The number of nitrogens with zero attached hydrogens (tertiary/aromatic N) is 1. The van der Waals surface area contributed by atoms with E-state index in [2.05, 4.69) is 30.1 Å². The van der Waals surface area contributed by atoms with Crippen LogP contribution in [0.25, 0.3) is 0 Å². The first kappa shape index (κ1) is 16.2. The van der Waals surface area contributed by atoms with Crippen molar-refractivity contribution in [2.24, 2.45) is 11.8 Å². The number of carbonyl (C=O) groups is 2. The summed E-state index contributed by atoms with van der Waals surface area (Å²) in [6.07, 6.45) is 2.79. The van der Waals surface area contributed by atoms with Crippen LogP contribution in [0.1, 0.15) is 37.6 Å². The molecule has 0 spiro atoms. The van der Waals surface area contributed by atoms with E-state index in [1.54, 1.807) is 11.3 Å². The minimum absolute atomic E-state index is 0.0756. The molecular weight excluding hydrogens is 284 g/mol. The van der Waals surface area contributed by atoms with Gasteiger partial charge < -0.3 is 10.1 Å². The van der Waals surface area contributed by atoms with Gasteiger partial charge in [-0.25, -0.2) is 0 Å². The van der Waals surface area contributed by atoms with Gasteiger partial charge >= 0.3 is 0 Å². The van der Waals surface area contributed by atoms with E-state index in [1.807, 2.05) is 11.4 Å². The number of piperidine rings is 1. The van der Waals surface area contributed by atoms with Crippen LogP contribution in [-0.2, 0) is 9.59 Å². The van der Waals surface area contributed by atoms with Crippen molar-refractivity contribution < 1.29 is 9.59 Å². The molecule has 1 aliphatic rings.